The minimum absolute atomic E-state index is 0.0548. The van der Waals surface area contributed by atoms with E-state index < -0.39 is 0 Å². The van der Waals surface area contributed by atoms with Crippen LogP contribution in [0.15, 0.2) is 29.6 Å². The normalized spacial score (nSPS) is 16.1. The van der Waals surface area contributed by atoms with Gasteiger partial charge >= 0.3 is 6.03 Å². The summed E-state index contributed by atoms with van der Waals surface area (Å²) in [5.41, 5.74) is 2.04. The first-order chi connectivity index (χ1) is 12.2. The standard InChI is InChI=1S/C18H17N5OS/c1-3-17-21-15(12-25-17)22-18(24)20-11-13-6-8-14(9-7-13)23-10-4-5-16(23)19-2/h1,6-9,12,16H,4-5,10-11H2,(H2,20,22,24)/t16-/m0/s1. The minimum Gasteiger partial charge on any atom is -0.334 e. The number of hydrogen-bond donors (Lipinski definition) is 2. The summed E-state index contributed by atoms with van der Waals surface area (Å²) < 4.78 is 0. The molecule has 0 aliphatic carbocycles. The SMILES string of the molecule is [C-]#[N+][C@@H]1CCCN1c1ccc(CNC(=O)Nc2csc(C#C)n2)cc1. The molecule has 0 saturated carbocycles. The molecule has 7 heteroatoms. The van der Waals surface area contributed by atoms with Crippen LogP contribution in [0, 0.1) is 18.9 Å². The van der Waals surface area contributed by atoms with Gasteiger partial charge in [-0.1, -0.05) is 12.1 Å². The number of thiazole rings is 1. The quantitative estimate of drug-likeness (QED) is 0.656. The Balaban J connectivity index is 1.52. The largest absolute Gasteiger partial charge is 0.334 e. The molecule has 25 heavy (non-hydrogen) atoms. The van der Waals surface area contributed by atoms with Gasteiger partial charge in [0.25, 0.3) is 6.17 Å². The van der Waals surface area contributed by atoms with Gasteiger partial charge in [0.05, 0.1) is 0 Å². The van der Waals surface area contributed by atoms with Gasteiger partial charge in [-0.2, -0.15) is 0 Å². The maximum Gasteiger partial charge on any atom is 0.320 e. The zero-order valence-corrected chi connectivity index (χ0v) is 14.3. The van der Waals surface area contributed by atoms with Crippen LogP contribution in [0.4, 0.5) is 16.3 Å². The van der Waals surface area contributed by atoms with Gasteiger partial charge in [0.2, 0.25) is 0 Å². The topological polar surface area (TPSA) is 61.6 Å². The van der Waals surface area contributed by atoms with Crippen molar-refractivity contribution in [2.75, 3.05) is 16.8 Å². The van der Waals surface area contributed by atoms with E-state index in [0.717, 1.165) is 30.6 Å². The fourth-order valence-corrected chi connectivity index (χ4v) is 3.28. The Kier molecular flexibility index (Phi) is 5.17. The number of hydrogen-bond acceptors (Lipinski definition) is 4. The molecule has 1 aromatic heterocycles. The lowest BCUT2D eigenvalue weighted by Gasteiger charge is -2.18. The number of nitrogens with one attached hydrogen (secondary N) is 2. The zero-order valence-electron chi connectivity index (χ0n) is 13.5. The first-order valence-corrected chi connectivity index (χ1v) is 8.76. The molecule has 2 amide bonds. The van der Waals surface area contributed by atoms with Crippen LogP contribution in [0.3, 0.4) is 0 Å². The molecule has 1 aromatic carbocycles. The molecule has 2 heterocycles. The van der Waals surface area contributed by atoms with E-state index in [1.54, 1.807) is 5.38 Å². The number of terminal acetylenes is 1. The summed E-state index contributed by atoms with van der Waals surface area (Å²) in [5, 5.41) is 7.67. The molecule has 126 valence electrons. The van der Waals surface area contributed by atoms with Crippen LogP contribution in [0.25, 0.3) is 4.85 Å². The second kappa shape index (κ2) is 7.69. The lowest BCUT2D eigenvalue weighted by molar-refractivity contribution is 0.251. The van der Waals surface area contributed by atoms with Gasteiger partial charge in [0.1, 0.15) is 5.82 Å². The third-order valence-electron chi connectivity index (χ3n) is 3.96. The van der Waals surface area contributed by atoms with Crippen molar-refractivity contribution in [1.82, 2.24) is 10.3 Å². The smallest absolute Gasteiger partial charge is 0.320 e. The highest BCUT2D eigenvalue weighted by Gasteiger charge is 2.28. The molecule has 0 bridgehead atoms. The molecule has 0 unspecified atom stereocenters. The van der Waals surface area contributed by atoms with Crippen molar-refractivity contribution in [1.29, 1.82) is 0 Å². The Hall–Kier alpha value is -3.03. The van der Waals surface area contributed by atoms with Gasteiger partial charge in [-0.3, -0.25) is 10.2 Å². The van der Waals surface area contributed by atoms with Crippen LogP contribution in [0.1, 0.15) is 23.4 Å². The molecular formula is C18H17N5OS. The Bertz CT molecular complexity index is 830. The van der Waals surface area contributed by atoms with Crippen molar-refractivity contribution in [2.24, 2.45) is 0 Å². The van der Waals surface area contributed by atoms with Gasteiger partial charge in [-0.15, -0.1) is 17.8 Å². The number of carbonyl (C=O) groups is 1. The summed E-state index contributed by atoms with van der Waals surface area (Å²) >= 11 is 1.31. The lowest BCUT2D eigenvalue weighted by Crippen LogP contribution is -2.28. The Labute approximate surface area is 150 Å². The number of aromatic nitrogens is 1. The van der Waals surface area contributed by atoms with Gasteiger partial charge in [0, 0.05) is 30.6 Å². The molecule has 3 rings (SSSR count). The molecule has 0 radical (unpaired) electrons. The van der Waals surface area contributed by atoms with Gasteiger partial charge in [-0.05, 0) is 30.0 Å². The third-order valence-corrected chi connectivity index (χ3v) is 4.73. The van der Waals surface area contributed by atoms with E-state index in [4.69, 9.17) is 13.0 Å². The molecule has 0 spiro atoms. The highest BCUT2D eigenvalue weighted by molar-refractivity contribution is 7.10. The second-order valence-electron chi connectivity index (χ2n) is 5.60. The van der Waals surface area contributed by atoms with Gasteiger partial charge in [0.15, 0.2) is 5.01 Å². The zero-order chi connectivity index (χ0) is 17.6. The molecule has 2 N–H and O–H groups in total. The van der Waals surface area contributed by atoms with Crippen LogP contribution in [0.2, 0.25) is 0 Å². The van der Waals surface area contributed by atoms with Crippen LogP contribution in [-0.2, 0) is 6.54 Å². The monoisotopic (exact) mass is 351 g/mol. The van der Waals surface area contributed by atoms with E-state index in [1.165, 1.54) is 11.3 Å². The minimum atomic E-state index is -0.328. The second-order valence-corrected chi connectivity index (χ2v) is 6.46. The molecule has 2 aromatic rings. The van der Waals surface area contributed by atoms with E-state index in [9.17, 15) is 4.79 Å². The highest BCUT2D eigenvalue weighted by Crippen LogP contribution is 2.26. The van der Waals surface area contributed by atoms with Crippen LogP contribution >= 0.6 is 11.3 Å². The first kappa shape index (κ1) is 16.8. The Morgan fingerprint density at radius 2 is 2.28 bits per heavy atom. The fourth-order valence-electron chi connectivity index (χ4n) is 2.73. The first-order valence-electron chi connectivity index (χ1n) is 7.89. The summed E-state index contributed by atoms with van der Waals surface area (Å²) in [7, 11) is 0. The number of rotatable bonds is 4. The van der Waals surface area contributed by atoms with Crippen molar-refractivity contribution in [3.8, 4) is 12.3 Å². The fraction of sp³-hybridized carbons (Fsp3) is 0.278. The van der Waals surface area contributed by atoms with E-state index in [0.29, 0.717) is 17.4 Å². The highest BCUT2D eigenvalue weighted by atomic mass is 32.1. The molecule has 1 saturated heterocycles. The molecule has 6 nitrogen and oxygen atoms in total. The number of carbonyl (C=O) groups excluding carboxylic acids is 1. The third kappa shape index (κ3) is 4.09. The summed E-state index contributed by atoms with van der Waals surface area (Å²) in [6.07, 6.45) is 7.17. The summed E-state index contributed by atoms with van der Waals surface area (Å²) in [4.78, 5) is 21.8. The van der Waals surface area contributed by atoms with Crippen LogP contribution in [0.5, 0.6) is 0 Å². The predicted octanol–water partition coefficient (Wildman–Crippen LogP) is 3.29. The molecule has 1 fully saturated rings. The maximum absolute atomic E-state index is 11.9. The number of urea groups is 1. The summed E-state index contributed by atoms with van der Waals surface area (Å²) in [6, 6.07) is 7.60. The molecule has 1 aliphatic rings. The number of anilines is 2. The van der Waals surface area contributed by atoms with E-state index >= 15 is 0 Å². The average Bonchev–Trinajstić information content (AvgIpc) is 3.29. The lowest BCUT2D eigenvalue weighted by atomic mass is 10.2. The van der Waals surface area contributed by atoms with Gasteiger partial charge < -0.3 is 10.2 Å². The maximum atomic E-state index is 11.9. The van der Waals surface area contributed by atoms with Crippen molar-refractivity contribution in [2.45, 2.75) is 25.6 Å². The van der Waals surface area contributed by atoms with Crippen molar-refractivity contribution in [3.05, 3.63) is 51.6 Å². The van der Waals surface area contributed by atoms with E-state index in [2.05, 4.69) is 31.3 Å². The summed E-state index contributed by atoms with van der Waals surface area (Å²) in [5.74, 6) is 2.88. The number of benzene rings is 1. The molecular weight excluding hydrogens is 334 g/mol. The average molecular weight is 351 g/mol. The van der Waals surface area contributed by atoms with E-state index in [1.807, 2.05) is 24.3 Å². The van der Waals surface area contributed by atoms with Crippen molar-refractivity contribution < 1.29 is 4.79 Å². The predicted molar refractivity (Wildman–Crippen MR) is 99.3 cm³/mol. The van der Waals surface area contributed by atoms with Gasteiger partial charge in [-0.25, -0.2) is 16.4 Å². The molecule has 1 aliphatic heterocycles. The van der Waals surface area contributed by atoms with Crippen LogP contribution < -0.4 is 15.5 Å². The van der Waals surface area contributed by atoms with Crippen LogP contribution in [-0.4, -0.2) is 23.7 Å². The van der Waals surface area contributed by atoms with Crippen molar-refractivity contribution >= 4 is 28.9 Å². The summed E-state index contributed by atoms with van der Waals surface area (Å²) in [6.45, 7) is 8.58. The molecule has 1 atom stereocenters. The Morgan fingerprint density at radius 3 is 2.96 bits per heavy atom. The Morgan fingerprint density at radius 1 is 1.48 bits per heavy atom. The number of nitrogens with zero attached hydrogens (tertiary/aromatic N) is 3. The van der Waals surface area contributed by atoms with E-state index in [-0.39, 0.29) is 12.2 Å². The van der Waals surface area contributed by atoms with Crippen molar-refractivity contribution in [3.63, 3.8) is 0 Å². The number of amides is 2.